The Kier molecular flexibility index (Phi) is 27.4. The van der Waals surface area contributed by atoms with Crippen LogP contribution in [-0.4, -0.2) is 19.5 Å². The van der Waals surface area contributed by atoms with E-state index in [9.17, 15) is 0 Å². The maximum absolute atomic E-state index is 6.11. The Morgan fingerprint density at radius 1 is 0.500 bits per heavy atom. The molecule has 0 bridgehead atoms. The topological polar surface area (TPSA) is 18.5 Å². The predicted octanol–water partition coefficient (Wildman–Crippen LogP) is 10.1. The van der Waals surface area contributed by atoms with Gasteiger partial charge in [0.05, 0.1) is 0 Å². The van der Waals surface area contributed by atoms with Crippen LogP contribution in [0.5, 0.6) is 0 Å². The fraction of sp³-hybridized carbons (Fsp3) is 0.800. The van der Waals surface area contributed by atoms with E-state index in [2.05, 4.69) is 57.2 Å². The van der Waals surface area contributed by atoms with Gasteiger partial charge in [0.2, 0.25) is 0 Å². The maximum atomic E-state index is 6.11. The molecule has 0 aromatic carbocycles. The molecule has 0 aliphatic rings. The summed E-state index contributed by atoms with van der Waals surface area (Å²) < 4.78 is 12.2. The van der Waals surface area contributed by atoms with E-state index in [4.69, 9.17) is 9.47 Å². The van der Waals surface area contributed by atoms with Crippen LogP contribution < -0.4 is 0 Å². The summed E-state index contributed by atoms with van der Waals surface area (Å²) in [6.45, 7) is 8.41. The average Bonchev–Trinajstić information content (AvgIpc) is 2.80. The Hall–Kier alpha value is -0.860. The number of hydrogen-bond donors (Lipinski definition) is 0. The van der Waals surface area contributed by atoms with Gasteiger partial charge < -0.3 is 9.47 Å². The van der Waals surface area contributed by atoms with Gasteiger partial charge in [0.15, 0.2) is 6.29 Å². The maximum Gasteiger partial charge on any atom is 0.157 e. The van der Waals surface area contributed by atoms with E-state index < -0.39 is 0 Å². The number of hydrogen-bond acceptors (Lipinski definition) is 2. The number of rotatable bonds is 25. The molecule has 0 aromatic heterocycles. The number of ether oxygens (including phenoxy) is 2. The molecule has 0 N–H and O–H groups in total. The van der Waals surface area contributed by atoms with E-state index in [1.807, 2.05) is 0 Å². The minimum atomic E-state index is 0.0106. The summed E-state index contributed by atoms with van der Waals surface area (Å²) in [5, 5.41) is 0. The number of unbranched alkanes of at least 4 members (excludes halogenated alkanes) is 12. The molecule has 0 rings (SSSR count). The van der Waals surface area contributed by atoms with Crippen molar-refractivity contribution in [3.63, 3.8) is 0 Å². The van der Waals surface area contributed by atoms with Crippen molar-refractivity contribution >= 4 is 0 Å². The molecule has 0 aliphatic heterocycles. The molecule has 0 unspecified atom stereocenters. The molecule has 188 valence electrons. The van der Waals surface area contributed by atoms with Gasteiger partial charge in [-0.3, -0.25) is 0 Å². The van der Waals surface area contributed by atoms with Crippen LogP contribution in [0.3, 0.4) is 0 Å². The summed E-state index contributed by atoms with van der Waals surface area (Å²) in [5.74, 6) is 0. The van der Waals surface area contributed by atoms with Crippen LogP contribution in [0.1, 0.15) is 136 Å². The van der Waals surface area contributed by atoms with Gasteiger partial charge in [-0.05, 0) is 57.8 Å². The first-order valence-electron chi connectivity index (χ1n) is 14.0. The quantitative estimate of drug-likeness (QED) is 0.0598. The molecular weight excluding hydrogens is 392 g/mol. The van der Waals surface area contributed by atoms with Crippen LogP contribution in [0, 0.1) is 0 Å². The second-order valence-corrected chi connectivity index (χ2v) is 8.95. The van der Waals surface area contributed by atoms with Gasteiger partial charge in [-0.15, -0.1) is 0 Å². The Morgan fingerprint density at radius 3 is 1.66 bits per heavy atom. The van der Waals surface area contributed by atoms with E-state index in [0.717, 1.165) is 38.9 Å². The van der Waals surface area contributed by atoms with Gasteiger partial charge in [0, 0.05) is 13.2 Å². The molecule has 0 saturated heterocycles. The lowest BCUT2D eigenvalue weighted by Crippen LogP contribution is -2.19. The van der Waals surface area contributed by atoms with E-state index in [-0.39, 0.29) is 6.29 Å². The standard InChI is InChI=1S/C30H56O2/c1-4-7-10-13-14-15-16-17-18-19-20-21-24-27-30(31-28-25-22-11-8-5-2)32-29-26-23-12-9-6-3/h7,10,13-14,17-18,30H,4-6,8-9,11-12,15-16,19-29H2,1-3H3/b10-7+,14-13-,18-17-. The summed E-state index contributed by atoms with van der Waals surface area (Å²) in [5.41, 5.74) is 0. The Bertz CT molecular complexity index is 409. The van der Waals surface area contributed by atoms with Gasteiger partial charge in [0.1, 0.15) is 0 Å². The van der Waals surface area contributed by atoms with E-state index in [1.165, 1.54) is 89.9 Å². The van der Waals surface area contributed by atoms with Crippen molar-refractivity contribution < 1.29 is 9.47 Å². The smallest absolute Gasteiger partial charge is 0.157 e. The van der Waals surface area contributed by atoms with Crippen LogP contribution in [0.15, 0.2) is 36.5 Å². The SMILES string of the molecule is CC/C=C/C=C\CC/C=C\CCCCCC(OCCCCCCC)OCCCCCCC. The zero-order valence-corrected chi connectivity index (χ0v) is 22.0. The second kappa shape index (κ2) is 28.2. The third-order valence-electron chi connectivity index (χ3n) is 5.70. The highest BCUT2D eigenvalue weighted by atomic mass is 16.7. The molecule has 0 aliphatic carbocycles. The average molecular weight is 449 g/mol. The van der Waals surface area contributed by atoms with Gasteiger partial charge in [0.25, 0.3) is 0 Å². The highest BCUT2D eigenvalue weighted by Gasteiger charge is 2.09. The van der Waals surface area contributed by atoms with Crippen LogP contribution in [0.2, 0.25) is 0 Å². The molecule has 0 atom stereocenters. The van der Waals surface area contributed by atoms with Crippen molar-refractivity contribution in [3.05, 3.63) is 36.5 Å². The van der Waals surface area contributed by atoms with Crippen LogP contribution in [0.25, 0.3) is 0 Å². The van der Waals surface area contributed by atoms with E-state index in [1.54, 1.807) is 0 Å². The first-order chi connectivity index (χ1) is 15.8. The van der Waals surface area contributed by atoms with Gasteiger partial charge in [-0.25, -0.2) is 0 Å². The van der Waals surface area contributed by atoms with Gasteiger partial charge in [-0.2, -0.15) is 0 Å². The molecule has 0 amide bonds. The second-order valence-electron chi connectivity index (χ2n) is 8.95. The molecule has 0 fully saturated rings. The molecule has 2 nitrogen and oxygen atoms in total. The van der Waals surface area contributed by atoms with Gasteiger partial charge in [-0.1, -0.05) is 115 Å². The highest BCUT2D eigenvalue weighted by Crippen LogP contribution is 2.13. The molecule has 0 spiro atoms. The van der Waals surface area contributed by atoms with Crippen LogP contribution in [0.4, 0.5) is 0 Å². The molecule has 32 heavy (non-hydrogen) atoms. The third-order valence-corrected chi connectivity index (χ3v) is 5.70. The van der Waals surface area contributed by atoms with Crippen molar-refractivity contribution in [3.8, 4) is 0 Å². The normalized spacial score (nSPS) is 12.4. The summed E-state index contributed by atoms with van der Waals surface area (Å²) in [6, 6.07) is 0. The first-order valence-corrected chi connectivity index (χ1v) is 14.0. The van der Waals surface area contributed by atoms with Crippen molar-refractivity contribution in [1.29, 1.82) is 0 Å². The largest absolute Gasteiger partial charge is 0.353 e. The Morgan fingerprint density at radius 2 is 1.03 bits per heavy atom. The summed E-state index contributed by atoms with van der Waals surface area (Å²) in [7, 11) is 0. The predicted molar refractivity (Wildman–Crippen MR) is 143 cm³/mol. The fourth-order valence-corrected chi connectivity index (χ4v) is 3.62. The molecule has 2 heteroatoms. The fourth-order valence-electron chi connectivity index (χ4n) is 3.62. The van der Waals surface area contributed by atoms with Crippen LogP contribution in [-0.2, 0) is 9.47 Å². The lowest BCUT2D eigenvalue weighted by Gasteiger charge is -2.19. The van der Waals surface area contributed by atoms with Crippen molar-refractivity contribution in [2.75, 3.05) is 13.2 Å². The summed E-state index contributed by atoms with van der Waals surface area (Å²) in [6.07, 6.45) is 35.7. The first kappa shape index (κ1) is 31.1. The van der Waals surface area contributed by atoms with E-state index in [0.29, 0.717) is 0 Å². The molecule has 0 aromatic rings. The van der Waals surface area contributed by atoms with Crippen molar-refractivity contribution in [1.82, 2.24) is 0 Å². The van der Waals surface area contributed by atoms with Crippen molar-refractivity contribution in [2.45, 2.75) is 143 Å². The minimum absolute atomic E-state index is 0.0106. The molecule has 0 heterocycles. The van der Waals surface area contributed by atoms with Gasteiger partial charge >= 0.3 is 0 Å². The molecular formula is C30H56O2. The lowest BCUT2D eigenvalue weighted by molar-refractivity contribution is -0.148. The lowest BCUT2D eigenvalue weighted by atomic mass is 10.1. The monoisotopic (exact) mass is 448 g/mol. The summed E-state index contributed by atoms with van der Waals surface area (Å²) >= 11 is 0. The third kappa shape index (κ3) is 25.4. The highest BCUT2D eigenvalue weighted by molar-refractivity contribution is 5.02. The minimum Gasteiger partial charge on any atom is -0.353 e. The van der Waals surface area contributed by atoms with Crippen molar-refractivity contribution in [2.24, 2.45) is 0 Å². The zero-order valence-electron chi connectivity index (χ0n) is 22.0. The molecule has 0 saturated carbocycles. The summed E-state index contributed by atoms with van der Waals surface area (Å²) in [4.78, 5) is 0. The zero-order chi connectivity index (χ0) is 23.4. The van der Waals surface area contributed by atoms with E-state index >= 15 is 0 Å². The molecule has 0 radical (unpaired) electrons. The Balaban J connectivity index is 3.86. The van der Waals surface area contributed by atoms with Crippen LogP contribution >= 0.6 is 0 Å². The Labute approximate surface area is 201 Å². The number of allylic oxidation sites excluding steroid dienone is 6.